The molecule has 1 aliphatic rings. The highest BCUT2D eigenvalue weighted by Crippen LogP contribution is 2.29. The van der Waals surface area contributed by atoms with Crippen LogP contribution in [-0.2, 0) is 4.79 Å². The largest absolute Gasteiger partial charge is 0.314 e. The van der Waals surface area contributed by atoms with Gasteiger partial charge >= 0.3 is 0 Å². The van der Waals surface area contributed by atoms with Crippen LogP contribution in [0.15, 0.2) is 36.4 Å². The Morgan fingerprint density at radius 3 is 2.50 bits per heavy atom. The summed E-state index contributed by atoms with van der Waals surface area (Å²) in [5.41, 5.74) is 1.36. The molecule has 1 fully saturated rings. The number of benzene rings is 2. The van der Waals surface area contributed by atoms with Crippen LogP contribution in [0, 0.1) is 5.82 Å². The number of carbonyl (C=O) groups is 1. The highest BCUT2D eigenvalue weighted by atomic mass is 19.1. The number of halogens is 1. The summed E-state index contributed by atoms with van der Waals surface area (Å²) < 4.78 is 13.1. The van der Waals surface area contributed by atoms with Crippen molar-refractivity contribution in [2.45, 2.75) is 25.3 Å². The van der Waals surface area contributed by atoms with E-state index >= 15 is 0 Å². The maximum atomic E-state index is 13.1. The van der Waals surface area contributed by atoms with E-state index in [1.807, 2.05) is 12.1 Å². The number of nitrogens with two attached hydrogens (primary N) is 1. The van der Waals surface area contributed by atoms with Crippen molar-refractivity contribution in [3.63, 3.8) is 0 Å². The first-order valence-corrected chi connectivity index (χ1v) is 7.36. The zero-order valence-electron chi connectivity index (χ0n) is 12.9. The topological polar surface area (TPSA) is 58.4 Å². The standard InChI is InChI=1S/C15H16FN.C2H6N2O/c1-10-15(6-7-17-10)13-3-2-12-9-14(16)5-4-11(12)8-13;1-4(3)2-5/h2-5,8-10,15,17H,6-7H2,1H3;2H,3H2,1H3. The van der Waals surface area contributed by atoms with Gasteiger partial charge in [0.1, 0.15) is 5.82 Å². The molecule has 2 aromatic rings. The minimum absolute atomic E-state index is 0.166. The molecule has 1 aliphatic heterocycles. The third kappa shape index (κ3) is 4.02. The zero-order valence-corrected chi connectivity index (χ0v) is 12.9. The maximum Gasteiger partial charge on any atom is 0.223 e. The summed E-state index contributed by atoms with van der Waals surface area (Å²) in [4.78, 5) is 9.31. The van der Waals surface area contributed by atoms with Gasteiger partial charge in [0.2, 0.25) is 6.41 Å². The van der Waals surface area contributed by atoms with Crippen LogP contribution in [0.3, 0.4) is 0 Å². The Balaban J connectivity index is 0.000000309. The minimum atomic E-state index is -0.166. The van der Waals surface area contributed by atoms with E-state index in [-0.39, 0.29) is 5.82 Å². The van der Waals surface area contributed by atoms with E-state index in [1.165, 1.54) is 25.1 Å². The van der Waals surface area contributed by atoms with Crippen LogP contribution in [0.1, 0.15) is 24.8 Å². The molecule has 4 nitrogen and oxygen atoms in total. The normalized spacial score (nSPS) is 20.4. The van der Waals surface area contributed by atoms with E-state index in [9.17, 15) is 9.18 Å². The number of rotatable bonds is 2. The number of carbonyl (C=O) groups excluding carboxylic acids is 1. The number of amides is 1. The molecule has 22 heavy (non-hydrogen) atoms. The number of hydrogen-bond acceptors (Lipinski definition) is 3. The van der Waals surface area contributed by atoms with E-state index in [2.05, 4.69) is 24.4 Å². The summed E-state index contributed by atoms with van der Waals surface area (Å²) in [7, 11) is 1.47. The number of nitrogens with zero attached hydrogens (tertiary/aromatic N) is 1. The molecule has 2 aromatic carbocycles. The molecule has 0 radical (unpaired) electrons. The van der Waals surface area contributed by atoms with Crippen LogP contribution < -0.4 is 11.2 Å². The molecular formula is C17H22FN3O. The number of fused-ring (bicyclic) bond motifs is 1. The highest BCUT2D eigenvalue weighted by molar-refractivity contribution is 5.83. The monoisotopic (exact) mass is 303 g/mol. The summed E-state index contributed by atoms with van der Waals surface area (Å²) in [6.45, 7) is 3.32. The van der Waals surface area contributed by atoms with Crippen LogP contribution in [0.25, 0.3) is 10.8 Å². The smallest absolute Gasteiger partial charge is 0.223 e. The van der Waals surface area contributed by atoms with Crippen molar-refractivity contribution in [1.29, 1.82) is 0 Å². The van der Waals surface area contributed by atoms with Crippen molar-refractivity contribution in [2.24, 2.45) is 5.84 Å². The van der Waals surface area contributed by atoms with E-state index in [0.717, 1.165) is 22.3 Å². The summed E-state index contributed by atoms with van der Waals surface area (Å²) in [6, 6.07) is 11.9. The quantitative estimate of drug-likeness (QED) is 0.388. The van der Waals surface area contributed by atoms with Crippen molar-refractivity contribution in [1.82, 2.24) is 10.3 Å². The van der Waals surface area contributed by atoms with Gasteiger partial charge in [0.05, 0.1) is 0 Å². The van der Waals surface area contributed by atoms with Gasteiger partial charge in [0.25, 0.3) is 0 Å². The van der Waals surface area contributed by atoms with E-state index in [0.29, 0.717) is 18.4 Å². The Kier molecular flexibility index (Phi) is 5.46. The summed E-state index contributed by atoms with van der Waals surface area (Å²) in [5, 5.41) is 6.52. The van der Waals surface area contributed by atoms with Gasteiger partial charge in [-0.25, -0.2) is 10.2 Å². The molecule has 0 bridgehead atoms. The van der Waals surface area contributed by atoms with Crippen LogP contribution in [0.2, 0.25) is 0 Å². The molecule has 5 heteroatoms. The molecule has 1 saturated heterocycles. The molecule has 1 amide bonds. The van der Waals surface area contributed by atoms with Gasteiger partial charge < -0.3 is 5.32 Å². The van der Waals surface area contributed by atoms with Crippen molar-refractivity contribution in [3.8, 4) is 0 Å². The lowest BCUT2D eigenvalue weighted by atomic mass is 9.91. The number of hydrogen-bond donors (Lipinski definition) is 2. The molecule has 3 N–H and O–H groups in total. The first-order chi connectivity index (χ1) is 10.5. The molecule has 1 heterocycles. The average molecular weight is 303 g/mol. The van der Waals surface area contributed by atoms with Gasteiger partial charge in [-0.05, 0) is 48.4 Å². The lowest BCUT2D eigenvalue weighted by molar-refractivity contribution is -0.117. The Hall–Kier alpha value is -1.98. The lowest BCUT2D eigenvalue weighted by Gasteiger charge is -2.16. The first kappa shape index (κ1) is 16.4. The highest BCUT2D eigenvalue weighted by Gasteiger charge is 2.24. The van der Waals surface area contributed by atoms with Crippen molar-refractivity contribution >= 4 is 17.2 Å². The van der Waals surface area contributed by atoms with Crippen LogP contribution >= 0.6 is 0 Å². The fraction of sp³-hybridized carbons (Fsp3) is 0.353. The molecule has 118 valence electrons. The molecule has 2 atom stereocenters. The molecule has 0 spiro atoms. The zero-order chi connectivity index (χ0) is 16.1. The number of nitrogens with one attached hydrogen (secondary N) is 1. The predicted octanol–water partition coefficient (Wildman–Crippen LogP) is 2.39. The minimum Gasteiger partial charge on any atom is -0.314 e. The summed E-state index contributed by atoms with van der Waals surface area (Å²) in [5.74, 6) is 5.18. The Morgan fingerprint density at radius 2 is 1.91 bits per heavy atom. The predicted molar refractivity (Wildman–Crippen MR) is 86.7 cm³/mol. The Labute approximate surface area is 130 Å². The van der Waals surface area contributed by atoms with Crippen molar-refractivity contribution in [2.75, 3.05) is 13.6 Å². The fourth-order valence-corrected chi connectivity index (χ4v) is 2.78. The summed E-state index contributed by atoms with van der Waals surface area (Å²) >= 11 is 0. The number of hydrazine groups is 1. The third-order valence-corrected chi connectivity index (χ3v) is 3.95. The van der Waals surface area contributed by atoms with Gasteiger partial charge in [-0.1, -0.05) is 24.3 Å². The molecule has 2 unspecified atom stereocenters. The molecule has 0 saturated carbocycles. The van der Waals surface area contributed by atoms with Gasteiger partial charge in [0, 0.05) is 19.0 Å². The second kappa shape index (κ2) is 7.33. The maximum absolute atomic E-state index is 13.1. The molecule has 3 rings (SSSR count). The van der Waals surface area contributed by atoms with Crippen LogP contribution in [-0.4, -0.2) is 31.1 Å². The lowest BCUT2D eigenvalue weighted by Crippen LogP contribution is -2.23. The van der Waals surface area contributed by atoms with Crippen molar-refractivity contribution in [3.05, 3.63) is 47.8 Å². The second-order valence-corrected chi connectivity index (χ2v) is 5.66. The molecule has 0 aliphatic carbocycles. The van der Waals surface area contributed by atoms with E-state index < -0.39 is 0 Å². The molecule has 0 aromatic heterocycles. The van der Waals surface area contributed by atoms with Gasteiger partial charge in [0.15, 0.2) is 0 Å². The Bertz CT molecular complexity index is 645. The SMILES string of the molecule is CC1NCCC1c1ccc2cc(F)ccc2c1.CN(N)C=O. The van der Waals surface area contributed by atoms with Crippen LogP contribution in [0.4, 0.5) is 4.39 Å². The Morgan fingerprint density at radius 1 is 1.27 bits per heavy atom. The third-order valence-electron chi connectivity index (χ3n) is 3.95. The van der Waals surface area contributed by atoms with Gasteiger partial charge in [-0.2, -0.15) is 0 Å². The summed E-state index contributed by atoms with van der Waals surface area (Å²) in [6.07, 6.45) is 1.72. The van der Waals surface area contributed by atoms with E-state index in [1.54, 1.807) is 6.07 Å². The van der Waals surface area contributed by atoms with Gasteiger partial charge in [-0.3, -0.25) is 9.80 Å². The average Bonchev–Trinajstić information content (AvgIpc) is 2.93. The van der Waals surface area contributed by atoms with Crippen molar-refractivity contribution < 1.29 is 9.18 Å². The fourth-order valence-electron chi connectivity index (χ4n) is 2.78. The molecular weight excluding hydrogens is 281 g/mol. The second-order valence-electron chi connectivity index (χ2n) is 5.66. The first-order valence-electron chi connectivity index (χ1n) is 7.36. The van der Waals surface area contributed by atoms with Gasteiger partial charge in [-0.15, -0.1) is 0 Å². The van der Waals surface area contributed by atoms with E-state index in [4.69, 9.17) is 5.84 Å². The van der Waals surface area contributed by atoms with Crippen LogP contribution in [0.5, 0.6) is 0 Å².